The van der Waals surface area contributed by atoms with Gasteiger partial charge >= 0.3 is 0 Å². The minimum Gasteiger partial charge on any atom is -0.382 e. The summed E-state index contributed by atoms with van der Waals surface area (Å²) in [5, 5.41) is 7.26. The summed E-state index contributed by atoms with van der Waals surface area (Å²) in [6, 6.07) is 16.5. The van der Waals surface area contributed by atoms with Crippen LogP contribution in [-0.2, 0) is 0 Å². The highest BCUT2D eigenvalue weighted by Gasteiger charge is 2.16. The first kappa shape index (κ1) is 13.2. The van der Waals surface area contributed by atoms with Gasteiger partial charge in [0.15, 0.2) is 5.82 Å². The van der Waals surface area contributed by atoms with Gasteiger partial charge in [-0.25, -0.2) is 0 Å². The van der Waals surface area contributed by atoms with Crippen molar-refractivity contribution in [2.24, 2.45) is 0 Å². The van der Waals surface area contributed by atoms with Crippen molar-refractivity contribution in [3.8, 4) is 22.4 Å². The lowest BCUT2D eigenvalue weighted by molar-refractivity contribution is 1.10. The normalized spacial score (nSPS) is 10.7. The van der Waals surface area contributed by atoms with Gasteiger partial charge in [0.25, 0.3) is 0 Å². The molecule has 4 heteroatoms. The van der Waals surface area contributed by atoms with Crippen molar-refractivity contribution in [3.05, 3.63) is 57.7 Å². The van der Waals surface area contributed by atoms with Crippen LogP contribution in [-0.4, -0.2) is 10.2 Å². The summed E-state index contributed by atoms with van der Waals surface area (Å²) in [6.07, 6.45) is 0. The van der Waals surface area contributed by atoms with Gasteiger partial charge in [0.05, 0.1) is 11.3 Å². The van der Waals surface area contributed by atoms with E-state index in [1.807, 2.05) is 18.2 Å². The fourth-order valence-corrected chi connectivity index (χ4v) is 2.96. The first-order chi connectivity index (χ1) is 9.66. The molecule has 0 atom stereocenters. The van der Waals surface area contributed by atoms with Crippen molar-refractivity contribution in [2.75, 3.05) is 5.73 Å². The second-order valence-electron chi connectivity index (χ2n) is 4.71. The van der Waals surface area contributed by atoms with Crippen LogP contribution in [0, 0.1) is 10.5 Å². The Hall–Kier alpha value is -1.82. The number of hydrogen-bond acceptors (Lipinski definition) is 2. The highest BCUT2D eigenvalue weighted by Crippen LogP contribution is 2.36. The number of nitrogens with two attached hydrogens (primary N) is 1. The molecule has 0 aliphatic rings. The van der Waals surface area contributed by atoms with Crippen LogP contribution in [0.2, 0.25) is 0 Å². The predicted molar refractivity (Wildman–Crippen MR) is 91.3 cm³/mol. The fourth-order valence-electron chi connectivity index (χ4n) is 2.31. The summed E-state index contributed by atoms with van der Waals surface area (Å²) in [5.41, 5.74) is 11.4. The molecule has 0 unspecified atom stereocenters. The van der Waals surface area contributed by atoms with E-state index in [9.17, 15) is 0 Å². The van der Waals surface area contributed by atoms with Crippen LogP contribution in [0.4, 0.5) is 5.82 Å². The minimum absolute atomic E-state index is 0.533. The highest BCUT2D eigenvalue weighted by atomic mass is 127. The van der Waals surface area contributed by atoms with E-state index in [0.717, 1.165) is 22.4 Å². The molecule has 3 aromatic rings. The zero-order valence-corrected chi connectivity index (χ0v) is 13.2. The second-order valence-corrected chi connectivity index (χ2v) is 5.87. The third-order valence-electron chi connectivity index (χ3n) is 3.24. The summed E-state index contributed by atoms with van der Waals surface area (Å²) >= 11 is 2.33. The number of halogens is 1. The van der Waals surface area contributed by atoms with E-state index in [4.69, 9.17) is 5.73 Å². The Morgan fingerprint density at radius 3 is 2.65 bits per heavy atom. The van der Waals surface area contributed by atoms with Gasteiger partial charge < -0.3 is 5.73 Å². The van der Waals surface area contributed by atoms with Crippen molar-refractivity contribution in [1.82, 2.24) is 10.2 Å². The number of nitrogens with zero attached hydrogens (tertiary/aromatic N) is 1. The highest BCUT2D eigenvalue weighted by molar-refractivity contribution is 14.1. The molecule has 2 aromatic carbocycles. The molecule has 0 saturated heterocycles. The van der Waals surface area contributed by atoms with Crippen molar-refractivity contribution >= 4 is 28.4 Å². The molecule has 0 saturated carbocycles. The number of hydrogen-bond donors (Lipinski definition) is 2. The number of benzene rings is 2. The molecular weight excluding hydrogens is 361 g/mol. The molecule has 0 amide bonds. The lowest BCUT2D eigenvalue weighted by Gasteiger charge is -2.07. The molecule has 100 valence electrons. The third kappa shape index (κ3) is 2.31. The smallest absolute Gasteiger partial charge is 0.153 e. The minimum atomic E-state index is 0.533. The van der Waals surface area contributed by atoms with Crippen LogP contribution in [0.15, 0.2) is 48.5 Å². The lowest BCUT2D eigenvalue weighted by Crippen LogP contribution is -1.90. The quantitative estimate of drug-likeness (QED) is 0.659. The van der Waals surface area contributed by atoms with E-state index in [1.165, 1.54) is 9.13 Å². The number of aryl methyl sites for hydroxylation is 1. The van der Waals surface area contributed by atoms with Gasteiger partial charge in [0.1, 0.15) is 0 Å². The number of H-pyrrole nitrogens is 1. The third-order valence-corrected chi connectivity index (χ3v) is 4.18. The van der Waals surface area contributed by atoms with Crippen LogP contribution in [0.25, 0.3) is 22.4 Å². The molecule has 0 aliphatic carbocycles. The topological polar surface area (TPSA) is 54.7 Å². The molecule has 0 bridgehead atoms. The van der Waals surface area contributed by atoms with Crippen LogP contribution in [0.5, 0.6) is 0 Å². The Morgan fingerprint density at radius 1 is 1.10 bits per heavy atom. The first-order valence-corrected chi connectivity index (χ1v) is 7.40. The average molecular weight is 375 g/mol. The van der Waals surface area contributed by atoms with Crippen molar-refractivity contribution < 1.29 is 0 Å². The van der Waals surface area contributed by atoms with Gasteiger partial charge in [0, 0.05) is 9.13 Å². The second kappa shape index (κ2) is 5.28. The number of anilines is 1. The standard InChI is InChI=1S/C16H14IN3/c1-10-5-4-6-11(9-10)14-15(19-20-16(14)18)12-7-2-3-8-13(12)17/h2-9H,1H3,(H3,18,19,20). The first-order valence-electron chi connectivity index (χ1n) is 6.32. The Balaban J connectivity index is 2.23. The molecule has 20 heavy (non-hydrogen) atoms. The van der Waals surface area contributed by atoms with Gasteiger partial charge in [-0.15, -0.1) is 0 Å². The molecule has 0 aliphatic heterocycles. The Kier molecular flexibility index (Phi) is 3.48. The van der Waals surface area contributed by atoms with Gasteiger partial charge in [-0.3, -0.25) is 5.10 Å². The number of aromatic amines is 1. The van der Waals surface area contributed by atoms with Crippen LogP contribution >= 0.6 is 22.6 Å². The monoisotopic (exact) mass is 375 g/mol. The summed E-state index contributed by atoms with van der Waals surface area (Å²) in [5.74, 6) is 0.533. The van der Waals surface area contributed by atoms with E-state index >= 15 is 0 Å². The zero-order valence-electron chi connectivity index (χ0n) is 11.0. The van der Waals surface area contributed by atoms with E-state index in [2.05, 4.69) is 70.0 Å². The molecule has 0 spiro atoms. The molecule has 3 nitrogen and oxygen atoms in total. The largest absolute Gasteiger partial charge is 0.382 e. The van der Waals surface area contributed by atoms with Crippen LogP contribution in [0.1, 0.15) is 5.56 Å². The van der Waals surface area contributed by atoms with E-state index < -0.39 is 0 Å². The molecule has 1 aromatic heterocycles. The number of aromatic nitrogens is 2. The molecule has 3 N–H and O–H groups in total. The van der Waals surface area contributed by atoms with E-state index in [-0.39, 0.29) is 0 Å². The molecule has 0 fully saturated rings. The number of rotatable bonds is 2. The van der Waals surface area contributed by atoms with Crippen molar-refractivity contribution in [1.29, 1.82) is 0 Å². The summed E-state index contributed by atoms with van der Waals surface area (Å²) in [7, 11) is 0. The van der Waals surface area contributed by atoms with Crippen LogP contribution in [0.3, 0.4) is 0 Å². The maximum absolute atomic E-state index is 6.07. The maximum Gasteiger partial charge on any atom is 0.153 e. The molecule has 1 heterocycles. The summed E-state index contributed by atoms with van der Waals surface area (Å²) in [6.45, 7) is 2.08. The number of nitrogens with one attached hydrogen (secondary N) is 1. The SMILES string of the molecule is Cc1cccc(-c2c(N)n[nH]c2-c2ccccc2I)c1. The Bertz CT molecular complexity index is 762. The van der Waals surface area contributed by atoms with E-state index in [0.29, 0.717) is 5.82 Å². The van der Waals surface area contributed by atoms with Crippen molar-refractivity contribution in [2.45, 2.75) is 6.92 Å². The predicted octanol–water partition coefficient (Wildman–Crippen LogP) is 4.24. The van der Waals surface area contributed by atoms with Crippen molar-refractivity contribution in [3.63, 3.8) is 0 Å². The summed E-state index contributed by atoms with van der Waals surface area (Å²) < 4.78 is 1.17. The Labute approximate surface area is 131 Å². The summed E-state index contributed by atoms with van der Waals surface area (Å²) in [4.78, 5) is 0. The van der Waals surface area contributed by atoms with Crippen LogP contribution < -0.4 is 5.73 Å². The lowest BCUT2D eigenvalue weighted by atomic mass is 9.99. The average Bonchev–Trinajstić information content (AvgIpc) is 2.81. The van der Waals surface area contributed by atoms with Gasteiger partial charge in [-0.1, -0.05) is 48.0 Å². The maximum atomic E-state index is 6.07. The fraction of sp³-hybridized carbons (Fsp3) is 0.0625. The number of nitrogen functional groups attached to an aromatic ring is 1. The van der Waals surface area contributed by atoms with Gasteiger partial charge in [0.2, 0.25) is 0 Å². The molecular formula is C16H14IN3. The zero-order chi connectivity index (χ0) is 14.1. The van der Waals surface area contributed by atoms with Gasteiger partial charge in [-0.05, 0) is 41.1 Å². The molecule has 0 radical (unpaired) electrons. The van der Waals surface area contributed by atoms with Gasteiger partial charge in [-0.2, -0.15) is 5.10 Å². The Morgan fingerprint density at radius 2 is 1.90 bits per heavy atom. The molecule has 3 rings (SSSR count). The van der Waals surface area contributed by atoms with E-state index in [1.54, 1.807) is 0 Å².